The average Bonchev–Trinajstić information content (AvgIpc) is 3.27. The van der Waals surface area contributed by atoms with Gasteiger partial charge in [-0.1, -0.05) is 49.2 Å². The van der Waals surface area contributed by atoms with Gasteiger partial charge in [0.05, 0.1) is 5.69 Å². The molecule has 0 aromatic heterocycles. The topological polar surface area (TPSA) is 69.7 Å². The lowest BCUT2D eigenvalue weighted by molar-refractivity contribution is -0.131. The second-order valence-electron chi connectivity index (χ2n) is 7.73. The first-order chi connectivity index (χ1) is 13.5. The number of carbonyl (C=O) groups excluding carboxylic acids is 3. The Hall–Kier alpha value is -2.89. The highest BCUT2D eigenvalue weighted by atomic mass is 16.2. The van der Waals surface area contributed by atoms with E-state index in [1.807, 2.05) is 42.5 Å². The summed E-state index contributed by atoms with van der Waals surface area (Å²) in [5.41, 5.74) is 0.184. The number of anilines is 1. The molecule has 28 heavy (non-hydrogen) atoms. The maximum Gasteiger partial charge on any atom is 0.325 e. The molecule has 146 valence electrons. The summed E-state index contributed by atoms with van der Waals surface area (Å²) in [5.74, 6) is -0.149. The summed E-state index contributed by atoms with van der Waals surface area (Å²) in [6.07, 6.45) is 4.11. The molecule has 1 aliphatic heterocycles. The first kappa shape index (κ1) is 18.5. The van der Waals surface area contributed by atoms with Gasteiger partial charge in [0.25, 0.3) is 5.91 Å². The maximum atomic E-state index is 12.7. The molecule has 1 spiro atoms. The number of rotatable bonds is 5. The Bertz CT molecular complexity index is 928. The fraction of sp³-hybridized carbons (Fsp3) is 0.409. The SMILES string of the molecule is CN(C(=O)CCCN1C(=O)NC2(CCCC2)C1=O)c1cccc2ccccc12. The molecule has 0 bridgehead atoms. The van der Waals surface area contributed by atoms with Crippen LogP contribution in [0.25, 0.3) is 10.8 Å². The summed E-state index contributed by atoms with van der Waals surface area (Å²) < 4.78 is 0. The minimum absolute atomic E-state index is 0.0287. The van der Waals surface area contributed by atoms with E-state index in [1.54, 1.807) is 11.9 Å². The van der Waals surface area contributed by atoms with Crippen LogP contribution in [-0.2, 0) is 9.59 Å². The Labute approximate surface area is 164 Å². The van der Waals surface area contributed by atoms with Gasteiger partial charge < -0.3 is 10.2 Å². The molecule has 2 aliphatic rings. The van der Waals surface area contributed by atoms with Crippen LogP contribution in [0, 0.1) is 0 Å². The summed E-state index contributed by atoms with van der Waals surface area (Å²) >= 11 is 0. The zero-order chi connectivity index (χ0) is 19.7. The summed E-state index contributed by atoms with van der Waals surface area (Å²) in [6, 6.07) is 13.5. The van der Waals surface area contributed by atoms with Crippen molar-refractivity contribution in [1.29, 1.82) is 0 Å². The Morgan fingerprint density at radius 3 is 2.61 bits per heavy atom. The van der Waals surface area contributed by atoms with E-state index >= 15 is 0 Å². The van der Waals surface area contributed by atoms with Crippen LogP contribution < -0.4 is 10.2 Å². The third kappa shape index (κ3) is 3.13. The molecule has 0 radical (unpaired) electrons. The van der Waals surface area contributed by atoms with E-state index in [0.29, 0.717) is 6.42 Å². The van der Waals surface area contributed by atoms with E-state index in [2.05, 4.69) is 5.32 Å². The number of carbonyl (C=O) groups is 3. The number of benzene rings is 2. The lowest BCUT2D eigenvalue weighted by Gasteiger charge is -2.21. The van der Waals surface area contributed by atoms with Crippen LogP contribution in [0.5, 0.6) is 0 Å². The number of urea groups is 1. The molecule has 1 saturated heterocycles. The molecule has 6 heteroatoms. The molecule has 1 N–H and O–H groups in total. The zero-order valence-corrected chi connectivity index (χ0v) is 16.1. The van der Waals surface area contributed by atoms with Gasteiger partial charge in [-0.3, -0.25) is 14.5 Å². The second-order valence-corrected chi connectivity index (χ2v) is 7.73. The van der Waals surface area contributed by atoms with E-state index in [1.165, 1.54) is 4.90 Å². The number of hydrogen-bond donors (Lipinski definition) is 1. The normalized spacial score (nSPS) is 18.1. The first-order valence-corrected chi connectivity index (χ1v) is 9.90. The van der Waals surface area contributed by atoms with Crippen molar-refractivity contribution in [3.05, 3.63) is 42.5 Å². The Morgan fingerprint density at radius 1 is 1.11 bits per heavy atom. The Morgan fingerprint density at radius 2 is 1.82 bits per heavy atom. The van der Waals surface area contributed by atoms with E-state index in [9.17, 15) is 14.4 Å². The Kier molecular flexibility index (Phi) is 4.79. The third-order valence-corrected chi connectivity index (χ3v) is 5.98. The van der Waals surface area contributed by atoms with Crippen molar-refractivity contribution in [2.24, 2.45) is 0 Å². The van der Waals surface area contributed by atoms with Crippen LogP contribution in [-0.4, -0.2) is 41.9 Å². The van der Waals surface area contributed by atoms with Gasteiger partial charge in [0.1, 0.15) is 5.54 Å². The summed E-state index contributed by atoms with van der Waals surface area (Å²) in [5, 5.41) is 4.99. The van der Waals surface area contributed by atoms with Crippen molar-refractivity contribution in [1.82, 2.24) is 10.2 Å². The predicted octanol–water partition coefficient (Wildman–Crippen LogP) is 3.45. The lowest BCUT2D eigenvalue weighted by Crippen LogP contribution is -2.44. The predicted molar refractivity (Wildman–Crippen MR) is 108 cm³/mol. The number of hydrogen-bond acceptors (Lipinski definition) is 3. The minimum Gasteiger partial charge on any atom is -0.323 e. The highest BCUT2D eigenvalue weighted by Gasteiger charge is 2.52. The summed E-state index contributed by atoms with van der Waals surface area (Å²) in [6.45, 7) is 0.279. The maximum absolute atomic E-state index is 12.7. The van der Waals surface area contributed by atoms with Crippen molar-refractivity contribution >= 4 is 34.3 Å². The van der Waals surface area contributed by atoms with Gasteiger partial charge in [-0.2, -0.15) is 0 Å². The van der Waals surface area contributed by atoms with Crippen molar-refractivity contribution in [2.45, 2.75) is 44.1 Å². The van der Waals surface area contributed by atoms with E-state index in [0.717, 1.165) is 42.1 Å². The second kappa shape index (κ2) is 7.26. The minimum atomic E-state index is -0.680. The van der Waals surface area contributed by atoms with Gasteiger partial charge in [0.15, 0.2) is 0 Å². The zero-order valence-electron chi connectivity index (χ0n) is 16.1. The molecule has 2 fully saturated rings. The molecule has 2 aromatic rings. The molecule has 1 heterocycles. The van der Waals surface area contributed by atoms with Gasteiger partial charge in [-0.25, -0.2) is 4.79 Å². The largest absolute Gasteiger partial charge is 0.325 e. The molecule has 4 rings (SSSR count). The molecule has 1 aliphatic carbocycles. The van der Waals surface area contributed by atoms with Gasteiger partial charge in [0.2, 0.25) is 5.91 Å². The molecule has 4 amide bonds. The molecular formula is C22H25N3O3. The van der Waals surface area contributed by atoms with Crippen LogP contribution in [0.15, 0.2) is 42.5 Å². The molecule has 6 nitrogen and oxygen atoms in total. The van der Waals surface area contributed by atoms with Crippen LogP contribution in [0.2, 0.25) is 0 Å². The standard InChI is InChI=1S/C22H25N3O3/c1-24(18-11-6-9-16-8-2-3-10-17(16)18)19(26)12-7-15-25-20(27)22(23-21(25)28)13-4-5-14-22/h2-3,6,8-11H,4-5,7,12-15H2,1H3,(H,23,28). The molecule has 0 unspecified atom stereocenters. The lowest BCUT2D eigenvalue weighted by atomic mass is 9.98. The van der Waals surface area contributed by atoms with Crippen LogP contribution in [0.1, 0.15) is 38.5 Å². The van der Waals surface area contributed by atoms with Crippen LogP contribution in [0.3, 0.4) is 0 Å². The van der Waals surface area contributed by atoms with E-state index < -0.39 is 5.54 Å². The average molecular weight is 379 g/mol. The fourth-order valence-corrected chi connectivity index (χ4v) is 4.39. The first-order valence-electron chi connectivity index (χ1n) is 9.90. The van der Waals surface area contributed by atoms with Crippen LogP contribution >= 0.6 is 0 Å². The summed E-state index contributed by atoms with van der Waals surface area (Å²) in [7, 11) is 1.77. The molecular weight excluding hydrogens is 354 g/mol. The highest BCUT2D eigenvalue weighted by molar-refractivity contribution is 6.07. The smallest absolute Gasteiger partial charge is 0.323 e. The van der Waals surface area contributed by atoms with E-state index in [-0.39, 0.29) is 30.8 Å². The highest BCUT2D eigenvalue weighted by Crippen LogP contribution is 2.35. The van der Waals surface area contributed by atoms with E-state index in [4.69, 9.17) is 0 Å². The van der Waals surface area contributed by atoms with Crippen molar-refractivity contribution < 1.29 is 14.4 Å². The van der Waals surface area contributed by atoms with Crippen molar-refractivity contribution in [3.8, 4) is 0 Å². The quantitative estimate of drug-likeness (QED) is 0.809. The summed E-state index contributed by atoms with van der Waals surface area (Å²) in [4.78, 5) is 40.5. The van der Waals surface area contributed by atoms with Crippen LogP contribution in [0.4, 0.5) is 10.5 Å². The molecule has 0 atom stereocenters. The molecule has 2 aromatic carbocycles. The Balaban J connectivity index is 1.38. The number of fused-ring (bicyclic) bond motifs is 1. The molecule has 1 saturated carbocycles. The van der Waals surface area contributed by atoms with Gasteiger partial charge in [0, 0.05) is 25.4 Å². The number of imide groups is 1. The van der Waals surface area contributed by atoms with Gasteiger partial charge in [-0.05, 0) is 30.7 Å². The fourth-order valence-electron chi connectivity index (χ4n) is 4.39. The number of amides is 4. The van der Waals surface area contributed by atoms with Crippen molar-refractivity contribution in [2.75, 3.05) is 18.5 Å². The van der Waals surface area contributed by atoms with Gasteiger partial charge in [-0.15, -0.1) is 0 Å². The van der Waals surface area contributed by atoms with Gasteiger partial charge >= 0.3 is 6.03 Å². The number of nitrogens with one attached hydrogen (secondary N) is 1. The number of nitrogens with zero attached hydrogens (tertiary/aromatic N) is 2. The monoisotopic (exact) mass is 379 g/mol. The third-order valence-electron chi connectivity index (χ3n) is 5.98. The van der Waals surface area contributed by atoms with Crippen molar-refractivity contribution in [3.63, 3.8) is 0 Å².